The fraction of sp³-hybridized carbons (Fsp3) is 0.800. The minimum absolute atomic E-state index is 1.10. The lowest BCUT2D eigenvalue weighted by atomic mass is 10.0. The number of nitrogens with zero attached hydrogens (tertiary/aromatic N) is 2. The minimum Gasteiger partial charge on any atom is -0.335 e. The highest BCUT2D eigenvalue weighted by atomic mass is 15.1. The smallest absolute Gasteiger partial charge is 0.108 e. The Labute approximate surface area is 294 Å². The van der Waals surface area contributed by atoms with Crippen molar-refractivity contribution in [2.45, 2.75) is 232 Å². The van der Waals surface area contributed by atoms with Gasteiger partial charge in [-0.2, -0.15) is 0 Å². The van der Waals surface area contributed by atoms with E-state index in [1.165, 1.54) is 210 Å². The zero-order valence-electron chi connectivity index (χ0n) is 31.9. The van der Waals surface area contributed by atoms with Crippen LogP contribution < -0.4 is 0 Å². The molecule has 47 heavy (non-hydrogen) atoms. The molecule has 270 valence electrons. The first-order valence-electron chi connectivity index (χ1n) is 21.4. The number of aryl methyl sites for hydroxylation is 4. The van der Waals surface area contributed by atoms with E-state index in [4.69, 9.17) is 4.98 Å². The maximum atomic E-state index is 5.19. The molecule has 2 rings (SSSR count). The van der Waals surface area contributed by atoms with Crippen molar-refractivity contribution < 1.29 is 0 Å². The van der Waals surface area contributed by atoms with Crippen molar-refractivity contribution in [3.8, 4) is 0 Å². The van der Waals surface area contributed by atoms with Gasteiger partial charge < -0.3 is 4.57 Å². The third kappa shape index (κ3) is 24.3. The first-order chi connectivity index (χ1) is 23.3. The Kier molecular flexibility index (Phi) is 28.0. The van der Waals surface area contributed by atoms with Gasteiger partial charge in [0.05, 0.1) is 5.69 Å². The molecule has 2 nitrogen and oxygen atoms in total. The molecular formula is C45H80N2. The lowest BCUT2D eigenvalue weighted by Crippen LogP contribution is -2.03. The van der Waals surface area contributed by atoms with Gasteiger partial charge in [0.15, 0.2) is 0 Å². The number of imidazole rings is 1. The highest BCUT2D eigenvalue weighted by molar-refractivity contribution is 5.15. The van der Waals surface area contributed by atoms with Crippen LogP contribution in [0.15, 0.2) is 36.5 Å². The third-order valence-corrected chi connectivity index (χ3v) is 10.4. The molecule has 0 saturated heterocycles. The van der Waals surface area contributed by atoms with Crippen LogP contribution in [-0.2, 0) is 25.8 Å². The van der Waals surface area contributed by atoms with Gasteiger partial charge in [0, 0.05) is 19.2 Å². The Bertz CT molecular complexity index is 900. The van der Waals surface area contributed by atoms with Crippen LogP contribution >= 0.6 is 0 Å². The molecule has 0 unspecified atom stereocenters. The van der Waals surface area contributed by atoms with Crippen LogP contribution in [0.3, 0.4) is 0 Å². The summed E-state index contributed by atoms with van der Waals surface area (Å²) in [5.41, 5.74) is 2.77. The summed E-state index contributed by atoms with van der Waals surface area (Å²) in [6, 6.07) is 11.0. The summed E-state index contributed by atoms with van der Waals surface area (Å²) < 4.78 is 2.54. The fourth-order valence-electron chi connectivity index (χ4n) is 7.28. The van der Waals surface area contributed by atoms with Crippen molar-refractivity contribution >= 4 is 0 Å². The van der Waals surface area contributed by atoms with Crippen LogP contribution in [0.25, 0.3) is 0 Å². The highest BCUT2D eigenvalue weighted by Crippen LogP contribution is 2.17. The summed E-state index contributed by atoms with van der Waals surface area (Å²) >= 11 is 0. The number of unbranched alkanes of at least 4 members (excludes halogenated alkanes) is 27. The van der Waals surface area contributed by atoms with Crippen molar-refractivity contribution in [3.05, 3.63) is 53.6 Å². The van der Waals surface area contributed by atoms with E-state index in [1.54, 1.807) is 0 Å². The first kappa shape index (κ1) is 41.6. The van der Waals surface area contributed by atoms with Gasteiger partial charge in [0.25, 0.3) is 0 Å². The average molecular weight is 649 g/mol. The maximum absolute atomic E-state index is 5.19. The molecule has 2 heteroatoms. The van der Waals surface area contributed by atoms with Crippen molar-refractivity contribution in [1.29, 1.82) is 0 Å². The Morgan fingerprint density at radius 3 is 1.26 bits per heavy atom. The Balaban J connectivity index is 1.57. The first-order valence-corrected chi connectivity index (χ1v) is 21.4. The Hall–Kier alpha value is -1.57. The predicted molar refractivity (Wildman–Crippen MR) is 210 cm³/mol. The summed E-state index contributed by atoms with van der Waals surface area (Å²) in [4.78, 5) is 5.19. The molecule has 1 aromatic heterocycles. The molecule has 0 radical (unpaired) electrons. The van der Waals surface area contributed by atoms with Gasteiger partial charge in [-0.05, 0) is 37.7 Å². The summed E-state index contributed by atoms with van der Waals surface area (Å²) in [6.45, 7) is 5.78. The number of hydrogen-bond donors (Lipinski definition) is 0. The summed E-state index contributed by atoms with van der Waals surface area (Å²) in [7, 11) is 0. The molecule has 0 aliphatic rings. The minimum atomic E-state index is 1.10. The van der Waals surface area contributed by atoms with Gasteiger partial charge in [-0.15, -0.1) is 0 Å². The van der Waals surface area contributed by atoms with E-state index < -0.39 is 0 Å². The molecule has 0 N–H and O–H groups in total. The standard InChI is InChI=1S/C45H80N2/c1-3-5-7-9-11-13-15-17-18-19-20-22-24-26-28-33-40-45-46-44(39-35-38-43-36-31-30-32-37-43)42-47(45)41-34-29-27-25-23-21-16-14-12-10-8-6-4-2/h30-32,36-37,42H,3-29,33-35,38-41H2,1-2H3. The maximum Gasteiger partial charge on any atom is 0.108 e. The molecule has 0 fully saturated rings. The van der Waals surface area contributed by atoms with Crippen LogP contribution in [0.5, 0.6) is 0 Å². The van der Waals surface area contributed by atoms with Crippen molar-refractivity contribution in [2.24, 2.45) is 0 Å². The fourth-order valence-corrected chi connectivity index (χ4v) is 7.28. The summed E-state index contributed by atoms with van der Waals surface area (Å²) in [5, 5.41) is 0. The van der Waals surface area contributed by atoms with E-state index in [1.807, 2.05) is 0 Å². The van der Waals surface area contributed by atoms with Crippen LogP contribution in [-0.4, -0.2) is 9.55 Å². The molecule has 0 amide bonds. The average Bonchev–Trinajstić information content (AvgIpc) is 3.48. The second-order valence-corrected chi connectivity index (χ2v) is 15.0. The van der Waals surface area contributed by atoms with E-state index in [9.17, 15) is 0 Å². The van der Waals surface area contributed by atoms with E-state index in [2.05, 4.69) is 54.9 Å². The quantitative estimate of drug-likeness (QED) is 0.0680. The normalized spacial score (nSPS) is 11.5. The van der Waals surface area contributed by atoms with Gasteiger partial charge in [0.2, 0.25) is 0 Å². The molecule has 0 bridgehead atoms. The molecule has 0 aliphatic heterocycles. The topological polar surface area (TPSA) is 17.8 Å². The van der Waals surface area contributed by atoms with Crippen LogP contribution in [0, 0.1) is 0 Å². The SMILES string of the molecule is CCCCCCCCCCCCCCCCCCc1nc(CCCc2ccccc2)cn1CCCCCCCCCCCCCCC. The zero-order valence-corrected chi connectivity index (χ0v) is 31.9. The summed E-state index contributed by atoms with van der Waals surface area (Å²) in [6.07, 6.45) is 48.4. The van der Waals surface area contributed by atoms with Gasteiger partial charge >= 0.3 is 0 Å². The van der Waals surface area contributed by atoms with E-state index in [-0.39, 0.29) is 0 Å². The summed E-state index contributed by atoms with van der Waals surface area (Å²) in [5.74, 6) is 1.36. The molecule has 1 aromatic carbocycles. The van der Waals surface area contributed by atoms with Crippen LogP contribution in [0.2, 0.25) is 0 Å². The van der Waals surface area contributed by atoms with Crippen molar-refractivity contribution in [3.63, 3.8) is 0 Å². The number of aromatic nitrogens is 2. The Morgan fingerprint density at radius 2 is 0.809 bits per heavy atom. The predicted octanol–water partition coefficient (Wildman–Crippen LogP) is 15.0. The zero-order chi connectivity index (χ0) is 33.3. The number of benzene rings is 1. The molecular weight excluding hydrogens is 569 g/mol. The lowest BCUT2D eigenvalue weighted by molar-refractivity contribution is 0.515. The molecule has 2 aromatic rings. The monoisotopic (exact) mass is 649 g/mol. The highest BCUT2D eigenvalue weighted by Gasteiger charge is 2.09. The van der Waals surface area contributed by atoms with Gasteiger partial charge in [0.1, 0.15) is 5.82 Å². The third-order valence-electron chi connectivity index (χ3n) is 10.4. The van der Waals surface area contributed by atoms with Crippen LogP contribution in [0.1, 0.15) is 224 Å². The molecule has 0 aliphatic carbocycles. The van der Waals surface area contributed by atoms with Gasteiger partial charge in [-0.1, -0.05) is 218 Å². The molecule has 0 atom stereocenters. The molecule has 0 saturated carbocycles. The van der Waals surface area contributed by atoms with E-state index in [0.29, 0.717) is 0 Å². The molecule has 1 heterocycles. The van der Waals surface area contributed by atoms with Gasteiger partial charge in [-0.3, -0.25) is 0 Å². The lowest BCUT2D eigenvalue weighted by Gasteiger charge is -2.08. The number of rotatable bonds is 35. The number of hydrogen-bond acceptors (Lipinski definition) is 1. The van der Waals surface area contributed by atoms with Crippen molar-refractivity contribution in [1.82, 2.24) is 9.55 Å². The second kappa shape index (κ2) is 31.7. The van der Waals surface area contributed by atoms with Gasteiger partial charge in [-0.25, -0.2) is 4.98 Å². The second-order valence-electron chi connectivity index (χ2n) is 15.0. The van der Waals surface area contributed by atoms with E-state index in [0.717, 1.165) is 25.8 Å². The Morgan fingerprint density at radius 1 is 0.404 bits per heavy atom. The largest absolute Gasteiger partial charge is 0.335 e. The van der Waals surface area contributed by atoms with Crippen molar-refractivity contribution in [2.75, 3.05) is 0 Å². The molecule has 0 spiro atoms. The van der Waals surface area contributed by atoms with E-state index >= 15 is 0 Å². The van der Waals surface area contributed by atoms with Crippen LogP contribution in [0.4, 0.5) is 0 Å².